The maximum atomic E-state index is 13.4. The monoisotopic (exact) mass is 476 g/mol. The van der Waals surface area contributed by atoms with Gasteiger partial charge in [-0.25, -0.2) is 4.79 Å². The number of nitrogens with one attached hydrogen (secondary N) is 1. The number of carbonyl (C=O) groups is 1. The highest BCUT2D eigenvalue weighted by Crippen LogP contribution is 2.35. The number of fused-ring (bicyclic) bond motifs is 1. The molecule has 174 valence electrons. The minimum atomic E-state index is -0.168. The Bertz CT molecular complexity index is 1250. The van der Waals surface area contributed by atoms with Crippen molar-refractivity contribution in [2.24, 2.45) is 0 Å². The molecular weight excluding hydrogens is 452 g/mol. The Kier molecular flexibility index (Phi) is 6.12. The van der Waals surface area contributed by atoms with Crippen LogP contribution < -0.4 is 10.1 Å². The number of halogens is 1. The first kappa shape index (κ1) is 22.2. The number of benzene rings is 2. The van der Waals surface area contributed by atoms with Gasteiger partial charge in [0.25, 0.3) is 0 Å². The Labute approximate surface area is 203 Å². The van der Waals surface area contributed by atoms with Crippen LogP contribution in [0, 0.1) is 18.3 Å². The van der Waals surface area contributed by atoms with Crippen LogP contribution in [0.5, 0.6) is 5.75 Å². The van der Waals surface area contributed by atoms with Gasteiger partial charge in [-0.15, -0.1) is 10.2 Å². The van der Waals surface area contributed by atoms with E-state index in [0.717, 1.165) is 35.6 Å². The fourth-order valence-corrected chi connectivity index (χ4v) is 4.86. The second kappa shape index (κ2) is 9.35. The fraction of sp³-hybridized carbons (Fsp3) is 0.360. The Morgan fingerprint density at radius 3 is 2.85 bits per heavy atom. The number of hydrogen-bond donors (Lipinski definition) is 1. The average Bonchev–Trinajstić information content (AvgIpc) is 3.47. The minimum absolute atomic E-state index is 0.122. The summed E-state index contributed by atoms with van der Waals surface area (Å²) in [6.07, 6.45) is 2.41. The van der Waals surface area contributed by atoms with Gasteiger partial charge in [0, 0.05) is 23.6 Å². The molecule has 34 heavy (non-hydrogen) atoms. The molecule has 2 aliphatic rings. The quantitative estimate of drug-likeness (QED) is 0.596. The largest absolute Gasteiger partial charge is 0.493 e. The van der Waals surface area contributed by atoms with Crippen molar-refractivity contribution in [3.05, 3.63) is 75.8 Å². The van der Waals surface area contributed by atoms with Crippen LogP contribution in [-0.4, -0.2) is 38.8 Å². The highest BCUT2D eigenvalue weighted by Gasteiger charge is 2.35. The average molecular weight is 477 g/mol. The van der Waals surface area contributed by atoms with Crippen molar-refractivity contribution in [1.82, 2.24) is 25.0 Å². The smallest absolute Gasteiger partial charge is 0.318 e. The van der Waals surface area contributed by atoms with Crippen LogP contribution in [0.4, 0.5) is 4.79 Å². The van der Waals surface area contributed by atoms with Crippen LogP contribution in [0.15, 0.2) is 42.5 Å². The van der Waals surface area contributed by atoms with E-state index in [2.05, 4.69) is 26.2 Å². The number of ether oxygens (including phenoxy) is 1. The number of hydrogen-bond acceptors (Lipinski definition) is 5. The lowest BCUT2D eigenvalue weighted by atomic mass is 9.99. The van der Waals surface area contributed by atoms with Gasteiger partial charge >= 0.3 is 6.03 Å². The van der Waals surface area contributed by atoms with Crippen LogP contribution in [0.2, 0.25) is 5.02 Å². The van der Waals surface area contributed by atoms with Gasteiger partial charge in [0.05, 0.1) is 36.9 Å². The van der Waals surface area contributed by atoms with Crippen LogP contribution in [0.1, 0.15) is 59.7 Å². The summed E-state index contributed by atoms with van der Waals surface area (Å²) < 4.78 is 7.81. The van der Waals surface area contributed by atoms with Gasteiger partial charge in [0.15, 0.2) is 5.82 Å². The van der Waals surface area contributed by atoms with E-state index in [9.17, 15) is 4.79 Å². The van der Waals surface area contributed by atoms with Crippen LogP contribution in [0.25, 0.3) is 0 Å². The van der Waals surface area contributed by atoms with Crippen molar-refractivity contribution in [1.29, 1.82) is 5.26 Å². The summed E-state index contributed by atoms with van der Waals surface area (Å²) in [4.78, 5) is 15.3. The lowest BCUT2D eigenvalue weighted by molar-refractivity contribution is 0.179. The topological polar surface area (TPSA) is 96.1 Å². The Hall–Kier alpha value is -3.57. The number of amides is 2. The first-order valence-corrected chi connectivity index (χ1v) is 11.8. The predicted octanol–water partition coefficient (Wildman–Crippen LogP) is 4.53. The molecule has 9 heteroatoms. The molecule has 0 bridgehead atoms. The third-order valence-corrected chi connectivity index (χ3v) is 6.76. The van der Waals surface area contributed by atoms with Crippen molar-refractivity contribution in [3.8, 4) is 11.8 Å². The molecule has 8 nitrogen and oxygen atoms in total. The molecule has 5 rings (SSSR count). The lowest BCUT2D eigenvalue weighted by Gasteiger charge is -2.31. The minimum Gasteiger partial charge on any atom is -0.493 e. The molecule has 2 aliphatic heterocycles. The van der Waals surface area contributed by atoms with Crippen molar-refractivity contribution < 1.29 is 9.53 Å². The number of likely N-dealkylation sites (tertiary alicyclic amines) is 1. The first-order valence-electron chi connectivity index (χ1n) is 11.4. The maximum absolute atomic E-state index is 13.4. The molecule has 0 spiro atoms. The number of rotatable bonds is 4. The number of aromatic nitrogens is 3. The van der Waals surface area contributed by atoms with E-state index >= 15 is 0 Å². The predicted molar refractivity (Wildman–Crippen MR) is 127 cm³/mol. The molecule has 2 atom stereocenters. The van der Waals surface area contributed by atoms with E-state index < -0.39 is 0 Å². The number of aryl methyl sites for hydroxylation is 1. The fourth-order valence-electron chi connectivity index (χ4n) is 4.73. The van der Waals surface area contributed by atoms with Gasteiger partial charge in [0.2, 0.25) is 0 Å². The number of nitriles is 1. The molecule has 0 aliphatic carbocycles. The second-order valence-corrected chi connectivity index (χ2v) is 9.11. The van der Waals surface area contributed by atoms with Gasteiger partial charge in [-0.2, -0.15) is 5.26 Å². The number of urea groups is 1. The Morgan fingerprint density at radius 1 is 1.24 bits per heavy atom. The molecule has 1 fully saturated rings. The SMILES string of the molecule is Cc1nnc(C2CCCN2C(=O)NC2CCOc3cc(C#N)ccc32)n1Cc1ccc(Cl)cc1. The summed E-state index contributed by atoms with van der Waals surface area (Å²) in [7, 11) is 0. The Morgan fingerprint density at radius 2 is 2.06 bits per heavy atom. The van der Waals surface area contributed by atoms with E-state index in [0.29, 0.717) is 42.5 Å². The standard InChI is InChI=1S/C25H25ClN6O2/c1-16-29-30-24(32(16)15-17-4-7-19(26)8-5-17)22-3-2-11-31(22)25(33)28-21-10-12-34-23-13-18(14-27)6-9-20(21)23/h4-9,13,21-22H,2-3,10-12,15H2,1H3,(H,28,33). The normalized spacial score (nSPS) is 19.3. The summed E-state index contributed by atoms with van der Waals surface area (Å²) in [5.41, 5.74) is 2.54. The van der Waals surface area contributed by atoms with E-state index in [4.69, 9.17) is 21.6 Å². The molecular formula is C25H25ClN6O2. The van der Waals surface area contributed by atoms with Crippen LogP contribution in [-0.2, 0) is 6.54 Å². The van der Waals surface area contributed by atoms with E-state index in [1.807, 2.05) is 42.2 Å². The molecule has 2 aromatic carbocycles. The molecule has 3 aromatic rings. The van der Waals surface area contributed by atoms with E-state index in [1.165, 1.54) is 0 Å². The molecule has 1 N–H and O–H groups in total. The zero-order chi connectivity index (χ0) is 23.7. The van der Waals surface area contributed by atoms with Gasteiger partial charge in [-0.1, -0.05) is 29.8 Å². The van der Waals surface area contributed by atoms with Crippen LogP contribution in [0.3, 0.4) is 0 Å². The first-order chi connectivity index (χ1) is 16.5. The maximum Gasteiger partial charge on any atom is 0.318 e. The zero-order valence-corrected chi connectivity index (χ0v) is 19.6. The lowest BCUT2D eigenvalue weighted by Crippen LogP contribution is -2.43. The molecule has 3 heterocycles. The van der Waals surface area contributed by atoms with Crippen LogP contribution >= 0.6 is 11.6 Å². The Balaban J connectivity index is 1.35. The summed E-state index contributed by atoms with van der Waals surface area (Å²) in [5, 5.41) is 21.8. The van der Waals surface area contributed by atoms with Crippen molar-refractivity contribution in [2.75, 3.05) is 13.2 Å². The third kappa shape index (κ3) is 4.31. The number of nitrogens with zero attached hydrogens (tertiary/aromatic N) is 5. The molecule has 2 unspecified atom stereocenters. The summed E-state index contributed by atoms with van der Waals surface area (Å²) >= 11 is 6.04. The number of carbonyl (C=O) groups excluding carboxylic acids is 1. The van der Waals surface area contributed by atoms with E-state index in [1.54, 1.807) is 12.1 Å². The van der Waals surface area contributed by atoms with Gasteiger partial charge in [-0.3, -0.25) is 0 Å². The van der Waals surface area contributed by atoms with Gasteiger partial charge in [-0.05, 0) is 49.6 Å². The highest BCUT2D eigenvalue weighted by molar-refractivity contribution is 6.30. The summed E-state index contributed by atoms with van der Waals surface area (Å²) in [6.45, 7) is 3.70. The second-order valence-electron chi connectivity index (χ2n) is 8.67. The zero-order valence-electron chi connectivity index (χ0n) is 18.9. The van der Waals surface area contributed by atoms with Crippen molar-refractivity contribution >= 4 is 17.6 Å². The van der Waals surface area contributed by atoms with Crippen molar-refractivity contribution in [3.63, 3.8) is 0 Å². The molecule has 1 saturated heterocycles. The molecule has 0 radical (unpaired) electrons. The molecule has 0 saturated carbocycles. The molecule has 2 amide bonds. The van der Waals surface area contributed by atoms with Gasteiger partial charge < -0.3 is 19.5 Å². The summed E-state index contributed by atoms with van der Waals surface area (Å²) in [5.74, 6) is 2.27. The third-order valence-electron chi connectivity index (χ3n) is 6.51. The molecule has 1 aromatic heterocycles. The highest BCUT2D eigenvalue weighted by atomic mass is 35.5. The van der Waals surface area contributed by atoms with Crippen molar-refractivity contribution in [2.45, 2.75) is 44.8 Å². The van der Waals surface area contributed by atoms with E-state index in [-0.39, 0.29) is 18.1 Å². The van der Waals surface area contributed by atoms with Gasteiger partial charge in [0.1, 0.15) is 11.6 Å². The summed E-state index contributed by atoms with van der Waals surface area (Å²) in [6, 6.07) is 14.8.